The van der Waals surface area contributed by atoms with Gasteiger partial charge in [-0.15, -0.1) is 5.10 Å². The van der Waals surface area contributed by atoms with Crippen molar-refractivity contribution in [2.45, 2.75) is 6.04 Å². The van der Waals surface area contributed by atoms with Crippen LogP contribution in [0.2, 0.25) is 0 Å². The molecule has 0 saturated heterocycles. The van der Waals surface area contributed by atoms with Gasteiger partial charge < -0.3 is 10.3 Å². The van der Waals surface area contributed by atoms with Crippen LogP contribution in [0.25, 0.3) is 22.2 Å². The van der Waals surface area contributed by atoms with Crippen molar-refractivity contribution in [3.05, 3.63) is 66.1 Å². The van der Waals surface area contributed by atoms with Crippen molar-refractivity contribution in [1.29, 1.82) is 0 Å². The number of nitrogens with zero attached hydrogens (tertiary/aromatic N) is 3. The number of rotatable bonds is 1. The molecule has 6 nitrogen and oxygen atoms in total. The molecule has 0 amide bonds. The summed E-state index contributed by atoms with van der Waals surface area (Å²) < 4.78 is 0. The fraction of sp³-hybridized carbons (Fsp3) is 0.111. The number of anilines is 1. The number of aromatic nitrogens is 3. The summed E-state index contributed by atoms with van der Waals surface area (Å²) in [7, 11) is 0. The maximum atomic E-state index is 9.57. The van der Waals surface area contributed by atoms with E-state index < -0.39 is 0 Å². The Labute approximate surface area is 138 Å². The molecule has 1 aromatic carbocycles. The zero-order valence-corrected chi connectivity index (χ0v) is 12.8. The lowest BCUT2D eigenvalue weighted by molar-refractivity contribution is -0.0307. The van der Waals surface area contributed by atoms with E-state index in [2.05, 4.69) is 32.6 Å². The van der Waals surface area contributed by atoms with Crippen LogP contribution < -0.4 is 5.32 Å². The normalized spacial score (nSPS) is 18.8. The molecule has 2 aliphatic heterocycles. The van der Waals surface area contributed by atoms with Crippen LogP contribution >= 0.6 is 0 Å². The fourth-order valence-corrected chi connectivity index (χ4v) is 3.48. The minimum absolute atomic E-state index is 0.0182. The van der Waals surface area contributed by atoms with Gasteiger partial charge >= 0.3 is 0 Å². The molecule has 0 radical (unpaired) electrons. The highest BCUT2D eigenvalue weighted by molar-refractivity contribution is 6.00. The van der Waals surface area contributed by atoms with Gasteiger partial charge in [0.1, 0.15) is 0 Å². The molecule has 2 aromatic heterocycles. The van der Waals surface area contributed by atoms with Crippen LogP contribution in [-0.2, 0) is 0 Å². The number of hydrogen-bond donors (Lipinski definition) is 3. The molecule has 0 aliphatic carbocycles. The second-order valence-electron chi connectivity index (χ2n) is 5.99. The summed E-state index contributed by atoms with van der Waals surface area (Å²) in [6.45, 7) is 0.473. The maximum Gasteiger partial charge on any atom is 0.160 e. The first-order valence-corrected chi connectivity index (χ1v) is 7.83. The molecule has 24 heavy (non-hydrogen) atoms. The van der Waals surface area contributed by atoms with E-state index in [1.807, 2.05) is 36.7 Å². The quantitative estimate of drug-likeness (QED) is 0.642. The van der Waals surface area contributed by atoms with E-state index in [4.69, 9.17) is 0 Å². The molecule has 2 aliphatic rings. The van der Waals surface area contributed by atoms with Gasteiger partial charge in [0.15, 0.2) is 5.65 Å². The molecular weight excluding hydrogens is 302 g/mol. The SMILES string of the molecule is ON1C=CC(C2Nc3ccccc3-c3cnnc4[nH]cc2c34)=CC1. The van der Waals surface area contributed by atoms with Gasteiger partial charge in [-0.3, -0.25) is 10.3 Å². The summed E-state index contributed by atoms with van der Waals surface area (Å²) in [6.07, 6.45) is 9.46. The number of para-hydroxylation sites is 1. The Hall–Kier alpha value is -3.12. The van der Waals surface area contributed by atoms with Gasteiger partial charge in [0.05, 0.1) is 18.8 Å². The van der Waals surface area contributed by atoms with Crippen LogP contribution in [0.3, 0.4) is 0 Å². The summed E-state index contributed by atoms with van der Waals surface area (Å²) in [5.74, 6) is 0. The van der Waals surface area contributed by atoms with Gasteiger partial charge in [0.25, 0.3) is 0 Å². The van der Waals surface area contributed by atoms with Crippen LogP contribution in [0.5, 0.6) is 0 Å². The predicted molar refractivity (Wildman–Crippen MR) is 91.4 cm³/mol. The van der Waals surface area contributed by atoms with Crippen molar-refractivity contribution in [2.24, 2.45) is 0 Å². The smallest absolute Gasteiger partial charge is 0.160 e. The van der Waals surface area contributed by atoms with E-state index in [0.717, 1.165) is 39.0 Å². The van der Waals surface area contributed by atoms with Crippen molar-refractivity contribution in [1.82, 2.24) is 20.2 Å². The van der Waals surface area contributed by atoms with Gasteiger partial charge in [-0.1, -0.05) is 24.3 Å². The maximum absolute atomic E-state index is 9.57. The minimum atomic E-state index is -0.0182. The largest absolute Gasteiger partial charge is 0.374 e. The molecule has 3 N–H and O–H groups in total. The van der Waals surface area contributed by atoms with Gasteiger partial charge in [-0.2, -0.15) is 5.10 Å². The van der Waals surface area contributed by atoms with Gasteiger partial charge in [0.2, 0.25) is 0 Å². The van der Waals surface area contributed by atoms with Gasteiger partial charge in [-0.25, -0.2) is 0 Å². The van der Waals surface area contributed by atoms with E-state index in [9.17, 15) is 5.21 Å². The van der Waals surface area contributed by atoms with E-state index in [-0.39, 0.29) is 6.04 Å². The minimum Gasteiger partial charge on any atom is -0.374 e. The number of nitrogens with one attached hydrogen (secondary N) is 2. The topological polar surface area (TPSA) is 77.1 Å². The molecule has 6 heteroatoms. The lowest BCUT2D eigenvalue weighted by Crippen LogP contribution is -2.19. The third kappa shape index (κ3) is 1.87. The van der Waals surface area contributed by atoms with Gasteiger partial charge in [-0.05, 0) is 17.7 Å². The van der Waals surface area contributed by atoms with E-state index in [1.54, 1.807) is 6.20 Å². The standard InChI is InChI=1S/C18H15N5O/c24-23-7-5-11(6-8-23)17-14-9-19-18-16(14)13(10-20-22-18)12-3-1-2-4-15(12)21-17/h1-7,9-10,17,21,24H,8H2,(H,19,22). The molecule has 4 heterocycles. The highest BCUT2D eigenvalue weighted by Crippen LogP contribution is 2.43. The Morgan fingerprint density at radius 1 is 1.21 bits per heavy atom. The second kappa shape index (κ2) is 4.94. The molecule has 1 atom stereocenters. The Balaban J connectivity index is 1.78. The number of hydrogen-bond acceptors (Lipinski definition) is 5. The molecule has 0 saturated carbocycles. The lowest BCUT2D eigenvalue weighted by Gasteiger charge is -2.24. The molecule has 0 bridgehead atoms. The van der Waals surface area contributed by atoms with Crippen LogP contribution in [-0.4, -0.2) is 32.0 Å². The van der Waals surface area contributed by atoms with Crippen molar-refractivity contribution < 1.29 is 5.21 Å². The van der Waals surface area contributed by atoms with E-state index in [1.165, 1.54) is 5.06 Å². The molecule has 3 aromatic rings. The number of fused-ring (bicyclic) bond motifs is 2. The van der Waals surface area contributed by atoms with E-state index in [0.29, 0.717) is 6.54 Å². The Morgan fingerprint density at radius 3 is 3.00 bits per heavy atom. The van der Waals surface area contributed by atoms with Crippen molar-refractivity contribution in [2.75, 3.05) is 11.9 Å². The summed E-state index contributed by atoms with van der Waals surface area (Å²) in [5.41, 5.74) is 6.29. The summed E-state index contributed by atoms with van der Waals surface area (Å²) in [4.78, 5) is 3.23. The molecule has 1 unspecified atom stereocenters. The first-order chi connectivity index (χ1) is 11.8. The zero-order chi connectivity index (χ0) is 16.1. The molecule has 0 spiro atoms. The third-order valence-electron chi connectivity index (χ3n) is 4.62. The Morgan fingerprint density at radius 2 is 2.12 bits per heavy atom. The average molecular weight is 317 g/mol. The summed E-state index contributed by atoms with van der Waals surface area (Å²) >= 11 is 0. The monoisotopic (exact) mass is 317 g/mol. The number of benzene rings is 1. The van der Waals surface area contributed by atoms with Crippen molar-refractivity contribution in [3.8, 4) is 11.1 Å². The lowest BCUT2D eigenvalue weighted by atomic mass is 9.96. The zero-order valence-electron chi connectivity index (χ0n) is 12.8. The average Bonchev–Trinajstić information content (AvgIpc) is 2.98. The number of aromatic amines is 1. The predicted octanol–water partition coefficient (Wildman–Crippen LogP) is 3.24. The summed E-state index contributed by atoms with van der Waals surface area (Å²) in [5, 5.41) is 23.8. The highest BCUT2D eigenvalue weighted by atomic mass is 16.5. The van der Waals surface area contributed by atoms with Crippen LogP contribution in [0, 0.1) is 0 Å². The third-order valence-corrected chi connectivity index (χ3v) is 4.62. The Kier molecular flexibility index (Phi) is 2.74. The summed E-state index contributed by atoms with van der Waals surface area (Å²) in [6, 6.07) is 8.21. The second-order valence-corrected chi connectivity index (χ2v) is 5.99. The molecular formula is C18H15N5O. The van der Waals surface area contributed by atoms with E-state index >= 15 is 0 Å². The Bertz CT molecular complexity index is 1000. The first kappa shape index (κ1) is 13.3. The van der Waals surface area contributed by atoms with Crippen molar-refractivity contribution >= 4 is 16.7 Å². The van der Waals surface area contributed by atoms with Crippen LogP contribution in [0.1, 0.15) is 11.6 Å². The molecule has 118 valence electrons. The van der Waals surface area contributed by atoms with Gasteiger partial charge in [0, 0.05) is 40.2 Å². The molecule has 5 rings (SSSR count). The van der Waals surface area contributed by atoms with Crippen molar-refractivity contribution in [3.63, 3.8) is 0 Å². The fourth-order valence-electron chi connectivity index (χ4n) is 3.48. The molecule has 0 fully saturated rings. The van der Waals surface area contributed by atoms with Crippen LogP contribution in [0.15, 0.2) is 60.6 Å². The number of hydroxylamine groups is 2. The number of H-pyrrole nitrogens is 1. The highest BCUT2D eigenvalue weighted by Gasteiger charge is 2.27. The first-order valence-electron chi connectivity index (χ1n) is 7.83. The van der Waals surface area contributed by atoms with Crippen LogP contribution in [0.4, 0.5) is 5.69 Å².